The molecule has 0 spiro atoms. The van der Waals surface area contributed by atoms with E-state index in [2.05, 4.69) is 5.32 Å². The van der Waals surface area contributed by atoms with E-state index in [0.717, 1.165) is 0 Å². The third kappa shape index (κ3) is 3.35. The van der Waals surface area contributed by atoms with Gasteiger partial charge in [0.1, 0.15) is 0 Å². The zero-order valence-electron chi connectivity index (χ0n) is 6.69. The number of ketones is 1. The van der Waals surface area contributed by atoms with Crippen molar-refractivity contribution in [1.82, 2.24) is 5.32 Å². The van der Waals surface area contributed by atoms with Crippen molar-refractivity contribution in [2.75, 3.05) is 7.05 Å². The molecule has 0 aromatic heterocycles. The van der Waals surface area contributed by atoms with E-state index in [1.54, 1.807) is 0 Å². The summed E-state index contributed by atoms with van der Waals surface area (Å²) in [7, 11) is 1.82. The molecule has 0 aromatic carbocycles. The maximum Gasteiger partial charge on any atom is 0.173 e. The molecule has 1 unspecified atom stereocenters. The van der Waals surface area contributed by atoms with Crippen molar-refractivity contribution in [3.63, 3.8) is 0 Å². The van der Waals surface area contributed by atoms with Crippen LogP contribution in [0.3, 0.4) is 0 Å². The van der Waals surface area contributed by atoms with Gasteiger partial charge >= 0.3 is 0 Å². The Morgan fingerprint density at radius 3 is 2.50 bits per heavy atom. The maximum absolute atomic E-state index is 10.5. The van der Waals surface area contributed by atoms with E-state index in [4.69, 9.17) is 5.41 Å². The van der Waals surface area contributed by atoms with Gasteiger partial charge in [0.05, 0.1) is 5.71 Å². The quantitative estimate of drug-likeness (QED) is 0.564. The Bertz CT molecular complexity index is 143. The smallest absolute Gasteiger partial charge is 0.173 e. The van der Waals surface area contributed by atoms with Gasteiger partial charge in [-0.15, -0.1) is 0 Å². The van der Waals surface area contributed by atoms with Gasteiger partial charge in [-0.3, -0.25) is 4.79 Å². The number of carbonyl (C=O) groups is 1. The van der Waals surface area contributed by atoms with Crippen LogP contribution in [0.2, 0.25) is 0 Å². The average molecular weight is 142 g/mol. The lowest BCUT2D eigenvalue weighted by atomic mass is 10.1. The number of rotatable bonds is 4. The number of hydrogen-bond donors (Lipinski definition) is 2. The summed E-state index contributed by atoms with van der Waals surface area (Å²) in [6, 6.07) is 0.219. The fourth-order valence-electron chi connectivity index (χ4n) is 0.552. The first-order chi connectivity index (χ1) is 4.57. The molecule has 0 aliphatic heterocycles. The Kier molecular flexibility index (Phi) is 3.88. The number of carbonyl (C=O) groups excluding carboxylic acids is 1. The summed E-state index contributed by atoms with van der Waals surface area (Å²) in [4.78, 5) is 10.5. The summed E-state index contributed by atoms with van der Waals surface area (Å²) in [6.45, 7) is 3.36. The summed E-state index contributed by atoms with van der Waals surface area (Å²) in [5.74, 6) is -0.137. The highest BCUT2D eigenvalue weighted by molar-refractivity contribution is 6.37. The molecule has 3 nitrogen and oxygen atoms in total. The minimum absolute atomic E-state index is 0.137. The Labute approximate surface area is 61.3 Å². The van der Waals surface area contributed by atoms with E-state index >= 15 is 0 Å². The molecular formula is C7H14N2O. The third-order valence-electron chi connectivity index (χ3n) is 1.43. The van der Waals surface area contributed by atoms with Gasteiger partial charge in [0.15, 0.2) is 5.78 Å². The zero-order chi connectivity index (χ0) is 8.15. The third-order valence-corrected chi connectivity index (χ3v) is 1.43. The molecule has 1 atom stereocenters. The molecule has 0 aliphatic carbocycles. The molecule has 3 heteroatoms. The van der Waals surface area contributed by atoms with Crippen LogP contribution in [0.4, 0.5) is 0 Å². The molecule has 0 fully saturated rings. The minimum Gasteiger partial charge on any atom is -0.317 e. The lowest BCUT2D eigenvalue weighted by molar-refractivity contribution is -0.111. The number of nitrogens with one attached hydrogen (secondary N) is 2. The molecule has 0 bridgehead atoms. The normalized spacial score (nSPS) is 12.7. The standard InChI is InChI=1S/C7H14N2O/c1-5(9-3)4-7(8)6(2)10/h5,8-9H,4H2,1-3H3. The van der Waals surface area contributed by atoms with E-state index in [9.17, 15) is 4.79 Å². The average Bonchev–Trinajstić information content (AvgIpc) is 1.87. The van der Waals surface area contributed by atoms with Crippen LogP contribution in [0.1, 0.15) is 20.3 Å². The first-order valence-corrected chi connectivity index (χ1v) is 3.33. The predicted octanol–water partition coefficient (Wildman–Crippen LogP) is 0.593. The van der Waals surface area contributed by atoms with Crippen molar-refractivity contribution in [3.8, 4) is 0 Å². The molecule has 10 heavy (non-hydrogen) atoms. The Morgan fingerprint density at radius 1 is 1.70 bits per heavy atom. The minimum atomic E-state index is -0.137. The highest BCUT2D eigenvalue weighted by Crippen LogP contribution is 1.91. The molecule has 0 aromatic rings. The maximum atomic E-state index is 10.5. The Balaban J connectivity index is 3.68. The van der Waals surface area contributed by atoms with Gasteiger partial charge in [0, 0.05) is 19.4 Å². The van der Waals surface area contributed by atoms with Gasteiger partial charge in [0.25, 0.3) is 0 Å². The highest BCUT2D eigenvalue weighted by Gasteiger charge is 2.06. The molecule has 0 radical (unpaired) electrons. The van der Waals surface area contributed by atoms with E-state index in [1.165, 1.54) is 6.92 Å². The SMILES string of the molecule is CNC(C)CC(=N)C(C)=O. The predicted molar refractivity (Wildman–Crippen MR) is 41.5 cm³/mol. The van der Waals surface area contributed by atoms with Crippen molar-refractivity contribution < 1.29 is 4.79 Å². The molecule has 0 saturated carbocycles. The van der Waals surface area contributed by atoms with Gasteiger partial charge in [-0.05, 0) is 14.0 Å². The van der Waals surface area contributed by atoms with Crippen molar-refractivity contribution >= 4 is 11.5 Å². The molecule has 0 rings (SSSR count). The molecule has 58 valence electrons. The zero-order valence-corrected chi connectivity index (χ0v) is 6.69. The van der Waals surface area contributed by atoms with Crippen LogP contribution in [-0.4, -0.2) is 24.6 Å². The largest absolute Gasteiger partial charge is 0.317 e. The van der Waals surface area contributed by atoms with Crippen LogP contribution in [0.15, 0.2) is 0 Å². The second-order valence-corrected chi connectivity index (χ2v) is 2.43. The summed E-state index contributed by atoms with van der Waals surface area (Å²) >= 11 is 0. The van der Waals surface area contributed by atoms with E-state index < -0.39 is 0 Å². The van der Waals surface area contributed by atoms with Crippen LogP contribution in [0.25, 0.3) is 0 Å². The van der Waals surface area contributed by atoms with Gasteiger partial charge < -0.3 is 10.7 Å². The topological polar surface area (TPSA) is 53.0 Å². The van der Waals surface area contributed by atoms with Crippen LogP contribution >= 0.6 is 0 Å². The first-order valence-electron chi connectivity index (χ1n) is 3.33. The van der Waals surface area contributed by atoms with Gasteiger partial charge in [-0.25, -0.2) is 0 Å². The van der Waals surface area contributed by atoms with Gasteiger partial charge in [-0.1, -0.05) is 0 Å². The molecule has 0 amide bonds. The van der Waals surface area contributed by atoms with E-state index in [-0.39, 0.29) is 17.5 Å². The van der Waals surface area contributed by atoms with Gasteiger partial charge in [0.2, 0.25) is 0 Å². The number of hydrogen-bond acceptors (Lipinski definition) is 3. The van der Waals surface area contributed by atoms with Crippen molar-refractivity contribution in [2.45, 2.75) is 26.3 Å². The van der Waals surface area contributed by atoms with Crippen LogP contribution in [0, 0.1) is 5.41 Å². The van der Waals surface area contributed by atoms with Crippen molar-refractivity contribution in [2.24, 2.45) is 0 Å². The van der Waals surface area contributed by atoms with E-state index in [0.29, 0.717) is 6.42 Å². The Morgan fingerprint density at radius 2 is 2.20 bits per heavy atom. The van der Waals surface area contributed by atoms with Crippen LogP contribution < -0.4 is 5.32 Å². The molecular weight excluding hydrogens is 128 g/mol. The van der Waals surface area contributed by atoms with E-state index in [1.807, 2.05) is 14.0 Å². The van der Waals surface area contributed by atoms with Gasteiger partial charge in [-0.2, -0.15) is 0 Å². The second kappa shape index (κ2) is 4.17. The fraction of sp³-hybridized carbons (Fsp3) is 0.714. The second-order valence-electron chi connectivity index (χ2n) is 2.43. The summed E-state index contributed by atoms with van der Waals surface area (Å²) < 4.78 is 0. The lowest BCUT2D eigenvalue weighted by Crippen LogP contribution is -2.26. The summed E-state index contributed by atoms with van der Waals surface area (Å²) in [5.41, 5.74) is 0.196. The van der Waals surface area contributed by atoms with Crippen LogP contribution in [0.5, 0.6) is 0 Å². The van der Waals surface area contributed by atoms with Crippen molar-refractivity contribution in [1.29, 1.82) is 5.41 Å². The molecule has 0 aliphatic rings. The molecule has 0 heterocycles. The van der Waals surface area contributed by atoms with Crippen molar-refractivity contribution in [3.05, 3.63) is 0 Å². The highest BCUT2D eigenvalue weighted by atomic mass is 16.1. The Hall–Kier alpha value is -0.700. The van der Waals surface area contributed by atoms with Crippen LogP contribution in [-0.2, 0) is 4.79 Å². The lowest BCUT2D eigenvalue weighted by Gasteiger charge is -2.07. The monoisotopic (exact) mass is 142 g/mol. The molecule has 0 saturated heterocycles. The summed E-state index contributed by atoms with van der Waals surface area (Å²) in [6.07, 6.45) is 0.520. The molecule has 2 N–H and O–H groups in total. The number of Topliss-reactive ketones (excluding diaryl/α,β-unsaturated/α-hetero) is 1. The first kappa shape index (κ1) is 9.30. The summed E-state index contributed by atoms with van der Waals surface area (Å²) in [5, 5.41) is 10.1. The fourth-order valence-corrected chi connectivity index (χ4v) is 0.552.